The van der Waals surface area contributed by atoms with Crippen LogP contribution < -0.4 is 10.6 Å². The van der Waals surface area contributed by atoms with Crippen LogP contribution in [0.25, 0.3) is 10.9 Å². The number of methoxy groups -OCH3 is 1. The van der Waals surface area contributed by atoms with Gasteiger partial charge in [0.2, 0.25) is 0 Å². The molecule has 7 nitrogen and oxygen atoms in total. The summed E-state index contributed by atoms with van der Waals surface area (Å²) in [7, 11) is 1.60. The molecule has 3 rings (SSSR count). The van der Waals surface area contributed by atoms with Crippen LogP contribution in [0, 0.1) is 0 Å². The Labute approximate surface area is 145 Å². The standard InChI is InChI=1S/C18H20N4O3/c1-3-19-18(23)15-9-17(21-16-7-5-4-6-14(15)16)20-10-12-8-13(11-24-2)25-22-12/h4-9H,3,10-11H2,1-2H3,(H,19,23)(H,20,21). The van der Waals surface area contributed by atoms with E-state index in [-0.39, 0.29) is 5.91 Å². The minimum absolute atomic E-state index is 0.118. The Balaban J connectivity index is 1.84. The zero-order chi connectivity index (χ0) is 17.6. The zero-order valence-electron chi connectivity index (χ0n) is 14.2. The van der Waals surface area contributed by atoms with Crippen LogP contribution >= 0.6 is 0 Å². The maximum atomic E-state index is 12.4. The van der Waals surface area contributed by atoms with Crippen LogP contribution in [0.5, 0.6) is 0 Å². The van der Waals surface area contributed by atoms with Crippen LogP contribution in [-0.2, 0) is 17.9 Å². The van der Waals surface area contributed by atoms with E-state index in [9.17, 15) is 4.79 Å². The van der Waals surface area contributed by atoms with Gasteiger partial charge in [0.15, 0.2) is 5.76 Å². The molecule has 0 saturated heterocycles. The van der Waals surface area contributed by atoms with Crippen LogP contribution in [0.4, 0.5) is 5.82 Å². The van der Waals surface area contributed by atoms with Crippen molar-refractivity contribution >= 4 is 22.6 Å². The number of ether oxygens (including phenoxy) is 1. The molecule has 0 aliphatic carbocycles. The molecule has 2 N–H and O–H groups in total. The molecule has 25 heavy (non-hydrogen) atoms. The molecule has 3 aromatic rings. The topological polar surface area (TPSA) is 89.3 Å². The highest BCUT2D eigenvalue weighted by Gasteiger charge is 2.12. The minimum atomic E-state index is -0.118. The second-order valence-electron chi connectivity index (χ2n) is 5.50. The number of anilines is 1. The van der Waals surface area contributed by atoms with Crippen LogP contribution in [0.1, 0.15) is 28.7 Å². The number of fused-ring (bicyclic) bond motifs is 1. The molecule has 2 heterocycles. The maximum Gasteiger partial charge on any atom is 0.252 e. The molecule has 0 radical (unpaired) electrons. The Bertz CT molecular complexity index is 876. The summed E-state index contributed by atoms with van der Waals surface area (Å²) in [6.07, 6.45) is 0. The lowest BCUT2D eigenvalue weighted by Crippen LogP contribution is -2.23. The van der Waals surface area contributed by atoms with E-state index in [1.807, 2.05) is 37.3 Å². The summed E-state index contributed by atoms with van der Waals surface area (Å²) in [6, 6.07) is 11.1. The van der Waals surface area contributed by atoms with Crippen molar-refractivity contribution in [3.63, 3.8) is 0 Å². The summed E-state index contributed by atoms with van der Waals surface area (Å²) in [4.78, 5) is 16.9. The molecule has 0 fully saturated rings. The van der Waals surface area contributed by atoms with Crippen molar-refractivity contribution in [2.24, 2.45) is 0 Å². The molecule has 1 amide bonds. The van der Waals surface area contributed by atoms with E-state index in [1.165, 1.54) is 0 Å². The predicted molar refractivity (Wildman–Crippen MR) is 94.3 cm³/mol. The highest BCUT2D eigenvalue weighted by molar-refractivity contribution is 6.06. The normalized spacial score (nSPS) is 10.8. The smallest absolute Gasteiger partial charge is 0.252 e. The van der Waals surface area contributed by atoms with E-state index >= 15 is 0 Å². The van der Waals surface area contributed by atoms with Crippen molar-refractivity contribution in [2.45, 2.75) is 20.1 Å². The summed E-state index contributed by atoms with van der Waals surface area (Å²) in [6.45, 7) is 3.28. The summed E-state index contributed by atoms with van der Waals surface area (Å²) in [5.41, 5.74) is 2.09. The highest BCUT2D eigenvalue weighted by Crippen LogP contribution is 2.21. The van der Waals surface area contributed by atoms with Gasteiger partial charge in [0.25, 0.3) is 5.91 Å². The molecule has 0 aliphatic rings. The van der Waals surface area contributed by atoms with Crippen LogP contribution in [-0.4, -0.2) is 29.7 Å². The fraction of sp³-hybridized carbons (Fsp3) is 0.278. The number of rotatable bonds is 7. The first kappa shape index (κ1) is 16.9. The number of amides is 1. The Kier molecular flexibility index (Phi) is 5.25. The largest absolute Gasteiger partial charge is 0.377 e. The van der Waals surface area contributed by atoms with Crippen LogP contribution in [0.3, 0.4) is 0 Å². The van der Waals surface area contributed by atoms with Gasteiger partial charge in [-0.2, -0.15) is 0 Å². The van der Waals surface area contributed by atoms with Crippen molar-refractivity contribution in [1.82, 2.24) is 15.5 Å². The number of benzene rings is 1. The minimum Gasteiger partial charge on any atom is -0.377 e. The van der Waals surface area contributed by atoms with Gasteiger partial charge >= 0.3 is 0 Å². The first-order chi connectivity index (χ1) is 12.2. The fourth-order valence-corrected chi connectivity index (χ4v) is 2.54. The maximum absolute atomic E-state index is 12.4. The summed E-state index contributed by atoms with van der Waals surface area (Å²) < 4.78 is 10.2. The van der Waals surface area contributed by atoms with Gasteiger partial charge in [0.05, 0.1) is 17.6 Å². The van der Waals surface area contributed by atoms with E-state index in [0.29, 0.717) is 36.8 Å². The van der Waals surface area contributed by atoms with Crippen LogP contribution in [0.15, 0.2) is 40.9 Å². The van der Waals surface area contributed by atoms with Crippen molar-refractivity contribution in [3.05, 3.63) is 53.4 Å². The Hall–Kier alpha value is -2.93. The fourth-order valence-electron chi connectivity index (χ4n) is 2.54. The molecular formula is C18H20N4O3. The number of para-hydroxylation sites is 1. The monoisotopic (exact) mass is 340 g/mol. The van der Waals surface area contributed by atoms with E-state index < -0.39 is 0 Å². The number of hydrogen-bond acceptors (Lipinski definition) is 6. The van der Waals surface area contributed by atoms with Crippen molar-refractivity contribution in [3.8, 4) is 0 Å². The summed E-state index contributed by atoms with van der Waals surface area (Å²) in [5, 5.41) is 10.8. The number of carbonyl (C=O) groups is 1. The first-order valence-electron chi connectivity index (χ1n) is 8.06. The second-order valence-corrected chi connectivity index (χ2v) is 5.50. The van der Waals surface area contributed by atoms with Gasteiger partial charge in [-0.25, -0.2) is 4.98 Å². The summed E-state index contributed by atoms with van der Waals surface area (Å²) >= 11 is 0. The number of carbonyl (C=O) groups excluding carboxylic acids is 1. The van der Waals surface area contributed by atoms with E-state index in [2.05, 4.69) is 20.8 Å². The lowest BCUT2D eigenvalue weighted by molar-refractivity contribution is 0.0957. The molecule has 2 aromatic heterocycles. The zero-order valence-corrected chi connectivity index (χ0v) is 14.2. The number of pyridine rings is 1. The van der Waals surface area contributed by atoms with Gasteiger partial charge in [0.1, 0.15) is 18.1 Å². The Morgan fingerprint density at radius 2 is 2.12 bits per heavy atom. The second kappa shape index (κ2) is 7.76. The molecule has 0 bridgehead atoms. The van der Waals surface area contributed by atoms with E-state index in [1.54, 1.807) is 13.2 Å². The van der Waals surface area contributed by atoms with Crippen molar-refractivity contribution < 1.29 is 14.1 Å². The quantitative estimate of drug-likeness (QED) is 0.687. The average molecular weight is 340 g/mol. The van der Waals surface area contributed by atoms with E-state index in [4.69, 9.17) is 9.26 Å². The molecule has 7 heteroatoms. The first-order valence-corrected chi connectivity index (χ1v) is 8.06. The number of aromatic nitrogens is 2. The Morgan fingerprint density at radius 1 is 1.28 bits per heavy atom. The third-order valence-corrected chi connectivity index (χ3v) is 3.64. The average Bonchev–Trinajstić information content (AvgIpc) is 3.07. The molecular weight excluding hydrogens is 320 g/mol. The molecule has 0 saturated carbocycles. The molecule has 0 aliphatic heterocycles. The molecule has 0 unspecified atom stereocenters. The molecule has 0 spiro atoms. The van der Waals surface area contributed by atoms with Crippen LogP contribution in [0.2, 0.25) is 0 Å². The van der Waals surface area contributed by atoms with Gasteiger partial charge in [-0.3, -0.25) is 4.79 Å². The van der Waals surface area contributed by atoms with Gasteiger partial charge in [-0.1, -0.05) is 23.4 Å². The lowest BCUT2D eigenvalue weighted by Gasteiger charge is -2.10. The lowest BCUT2D eigenvalue weighted by atomic mass is 10.1. The number of nitrogens with zero attached hydrogens (tertiary/aromatic N) is 2. The highest BCUT2D eigenvalue weighted by atomic mass is 16.5. The molecule has 1 aromatic carbocycles. The SMILES string of the molecule is CCNC(=O)c1cc(NCc2cc(COC)on2)nc2ccccc12. The third kappa shape index (κ3) is 3.95. The van der Waals surface area contributed by atoms with Crippen molar-refractivity contribution in [1.29, 1.82) is 0 Å². The van der Waals surface area contributed by atoms with E-state index in [0.717, 1.165) is 16.6 Å². The van der Waals surface area contributed by atoms with Crippen molar-refractivity contribution in [2.75, 3.05) is 19.0 Å². The Morgan fingerprint density at radius 3 is 2.92 bits per heavy atom. The predicted octanol–water partition coefficient (Wildman–Crippen LogP) is 2.73. The van der Waals surface area contributed by atoms with Gasteiger partial charge in [-0.05, 0) is 19.1 Å². The van der Waals surface area contributed by atoms with Gasteiger partial charge < -0.3 is 19.9 Å². The third-order valence-electron chi connectivity index (χ3n) is 3.64. The number of hydrogen-bond donors (Lipinski definition) is 2. The molecule has 130 valence electrons. The van der Waals surface area contributed by atoms with Gasteiger partial charge in [0, 0.05) is 25.1 Å². The van der Waals surface area contributed by atoms with Gasteiger partial charge in [-0.15, -0.1) is 0 Å². The summed E-state index contributed by atoms with van der Waals surface area (Å²) in [5.74, 6) is 1.15. The molecule has 0 atom stereocenters. The number of nitrogens with one attached hydrogen (secondary N) is 2.